The number of carboxylic acid groups (broad SMARTS) is 1. The molecule has 0 amide bonds. The summed E-state index contributed by atoms with van der Waals surface area (Å²) in [4.78, 5) is 15.4. The van der Waals surface area contributed by atoms with Crippen LogP contribution < -0.4 is 0 Å². The van der Waals surface area contributed by atoms with Gasteiger partial charge in [-0.05, 0) is 25.7 Å². The Morgan fingerprint density at radius 1 is 1.35 bits per heavy atom. The molecule has 1 atom stereocenters. The fourth-order valence-electron chi connectivity index (χ4n) is 2.67. The van der Waals surface area contributed by atoms with Crippen LogP contribution in [0.15, 0.2) is 4.99 Å². The largest absolute Gasteiger partial charge is 0.481 e. The van der Waals surface area contributed by atoms with Crippen molar-refractivity contribution < 1.29 is 9.90 Å². The van der Waals surface area contributed by atoms with E-state index in [-0.39, 0.29) is 4.87 Å². The van der Waals surface area contributed by atoms with Crippen LogP contribution in [0.4, 0.5) is 0 Å². The van der Waals surface area contributed by atoms with Crippen LogP contribution in [0, 0.1) is 0 Å². The van der Waals surface area contributed by atoms with E-state index < -0.39 is 5.97 Å². The third kappa shape index (κ3) is 3.73. The van der Waals surface area contributed by atoms with Crippen LogP contribution in [-0.2, 0) is 4.79 Å². The van der Waals surface area contributed by atoms with Gasteiger partial charge in [0, 0.05) is 17.9 Å². The summed E-state index contributed by atoms with van der Waals surface area (Å²) in [7, 11) is 0. The average Bonchev–Trinajstić information content (AvgIpc) is 2.69. The summed E-state index contributed by atoms with van der Waals surface area (Å²) >= 11 is 2.02. The third-order valence-electron chi connectivity index (χ3n) is 3.61. The molecule has 4 heteroatoms. The lowest BCUT2D eigenvalue weighted by atomic mass is 9.95. The average molecular weight is 255 g/mol. The predicted octanol–water partition coefficient (Wildman–Crippen LogP) is 3.48. The minimum absolute atomic E-state index is 0.204. The van der Waals surface area contributed by atoms with Crippen molar-refractivity contribution in [1.82, 2.24) is 0 Å². The SMILES string of the molecule is O=C(O)CCCCC1C=NC2(CCCCC2)S1. The lowest BCUT2D eigenvalue weighted by molar-refractivity contribution is -0.137. The Kier molecular flexibility index (Phi) is 4.48. The van der Waals surface area contributed by atoms with E-state index in [9.17, 15) is 4.79 Å². The highest BCUT2D eigenvalue weighted by atomic mass is 32.2. The molecule has 1 aliphatic carbocycles. The van der Waals surface area contributed by atoms with E-state index in [1.165, 1.54) is 32.1 Å². The number of hydrogen-bond donors (Lipinski definition) is 1. The summed E-state index contributed by atoms with van der Waals surface area (Å²) < 4.78 is 0. The Bertz CT molecular complexity index is 298. The second-order valence-electron chi connectivity index (χ2n) is 5.08. The summed E-state index contributed by atoms with van der Waals surface area (Å²) in [6, 6.07) is 0. The molecule has 2 aliphatic rings. The van der Waals surface area contributed by atoms with Crippen molar-refractivity contribution in [1.29, 1.82) is 0 Å². The number of aliphatic carboxylic acids is 1. The van der Waals surface area contributed by atoms with Gasteiger partial charge >= 0.3 is 5.97 Å². The van der Waals surface area contributed by atoms with Crippen molar-refractivity contribution >= 4 is 23.9 Å². The van der Waals surface area contributed by atoms with Gasteiger partial charge in [0.2, 0.25) is 0 Å². The first kappa shape index (κ1) is 12.9. The van der Waals surface area contributed by atoms with Gasteiger partial charge in [0.05, 0.1) is 0 Å². The molecule has 0 bridgehead atoms. The Labute approximate surface area is 107 Å². The van der Waals surface area contributed by atoms with Crippen molar-refractivity contribution in [2.75, 3.05) is 0 Å². The molecular formula is C13H21NO2S. The van der Waals surface area contributed by atoms with Gasteiger partial charge in [0.1, 0.15) is 4.87 Å². The molecule has 1 unspecified atom stereocenters. The molecule has 0 aromatic rings. The molecular weight excluding hydrogens is 234 g/mol. The van der Waals surface area contributed by atoms with E-state index in [1.807, 2.05) is 11.8 Å². The number of rotatable bonds is 5. The fourth-order valence-corrected chi connectivity index (χ4v) is 4.28. The molecule has 0 radical (unpaired) electrons. The predicted molar refractivity (Wildman–Crippen MR) is 71.8 cm³/mol. The van der Waals surface area contributed by atoms with E-state index in [0.29, 0.717) is 11.7 Å². The van der Waals surface area contributed by atoms with Gasteiger partial charge in [-0.2, -0.15) is 0 Å². The van der Waals surface area contributed by atoms with Crippen LogP contribution in [0.2, 0.25) is 0 Å². The van der Waals surface area contributed by atoms with Gasteiger partial charge in [-0.15, -0.1) is 11.8 Å². The molecule has 0 saturated heterocycles. The first-order valence-corrected chi connectivity index (χ1v) is 7.53. The van der Waals surface area contributed by atoms with E-state index in [2.05, 4.69) is 6.21 Å². The Balaban J connectivity index is 1.68. The van der Waals surface area contributed by atoms with Crippen LogP contribution in [0.1, 0.15) is 57.8 Å². The Hall–Kier alpha value is -0.510. The number of hydrogen-bond acceptors (Lipinski definition) is 3. The molecule has 1 spiro atoms. The highest BCUT2D eigenvalue weighted by Gasteiger charge is 2.37. The maximum Gasteiger partial charge on any atom is 0.303 e. The lowest BCUT2D eigenvalue weighted by Gasteiger charge is -2.30. The minimum atomic E-state index is -0.679. The van der Waals surface area contributed by atoms with Crippen molar-refractivity contribution in [3.8, 4) is 0 Å². The Morgan fingerprint density at radius 3 is 2.82 bits per heavy atom. The zero-order valence-electron chi connectivity index (χ0n) is 10.2. The van der Waals surface area contributed by atoms with Gasteiger partial charge < -0.3 is 5.11 Å². The van der Waals surface area contributed by atoms with E-state index in [4.69, 9.17) is 10.1 Å². The molecule has 1 heterocycles. The summed E-state index contributed by atoms with van der Waals surface area (Å²) in [6.07, 6.45) is 11.8. The van der Waals surface area contributed by atoms with E-state index in [0.717, 1.165) is 19.3 Å². The molecule has 2 rings (SSSR count). The maximum absolute atomic E-state index is 10.4. The van der Waals surface area contributed by atoms with Crippen LogP contribution in [0.5, 0.6) is 0 Å². The van der Waals surface area contributed by atoms with Gasteiger partial charge in [0.25, 0.3) is 0 Å². The van der Waals surface area contributed by atoms with Crippen LogP contribution >= 0.6 is 11.8 Å². The van der Waals surface area contributed by atoms with Gasteiger partial charge in [0.15, 0.2) is 0 Å². The smallest absolute Gasteiger partial charge is 0.303 e. The van der Waals surface area contributed by atoms with E-state index in [1.54, 1.807) is 0 Å². The molecule has 1 N–H and O–H groups in total. The summed E-state index contributed by atoms with van der Waals surface area (Å²) in [5.74, 6) is -0.679. The van der Waals surface area contributed by atoms with Gasteiger partial charge in [-0.25, -0.2) is 0 Å². The van der Waals surface area contributed by atoms with Crippen molar-refractivity contribution in [3.05, 3.63) is 0 Å². The zero-order valence-corrected chi connectivity index (χ0v) is 11.0. The topological polar surface area (TPSA) is 49.7 Å². The van der Waals surface area contributed by atoms with Gasteiger partial charge in [-0.1, -0.05) is 25.7 Å². The number of thioether (sulfide) groups is 1. The highest BCUT2D eigenvalue weighted by molar-refractivity contribution is 8.02. The van der Waals surface area contributed by atoms with Crippen LogP contribution in [0.25, 0.3) is 0 Å². The molecule has 96 valence electrons. The lowest BCUT2D eigenvalue weighted by Crippen LogP contribution is -2.23. The molecule has 17 heavy (non-hydrogen) atoms. The zero-order chi connectivity index (χ0) is 12.1. The normalized spacial score (nSPS) is 26.5. The van der Waals surface area contributed by atoms with Crippen LogP contribution in [0.3, 0.4) is 0 Å². The minimum Gasteiger partial charge on any atom is -0.481 e. The summed E-state index contributed by atoms with van der Waals surface area (Å²) in [5.41, 5.74) is 0. The van der Waals surface area contributed by atoms with E-state index >= 15 is 0 Å². The quantitative estimate of drug-likeness (QED) is 0.765. The molecule has 1 fully saturated rings. The molecule has 1 saturated carbocycles. The number of nitrogens with zero attached hydrogens (tertiary/aromatic N) is 1. The summed E-state index contributed by atoms with van der Waals surface area (Å²) in [6.45, 7) is 0. The monoisotopic (exact) mass is 255 g/mol. The molecule has 0 aromatic heterocycles. The fraction of sp³-hybridized carbons (Fsp3) is 0.846. The highest BCUT2D eigenvalue weighted by Crippen LogP contribution is 2.47. The van der Waals surface area contributed by atoms with Crippen molar-refractivity contribution in [2.24, 2.45) is 4.99 Å². The Morgan fingerprint density at radius 2 is 2.12 bits per heavy atom. The standard InChI is InChI=1S/C13H21NO2S/c15-12(16)7-3-2-6-11-10-14-13(17-11)8-4-1-5-9-13/h10-11H,1-9H2,(H,15,16). The third-order valence-corrected chi connectivity index (χ3v) is 5.22. The van der Waals surface area contributed by atoms with Gasteiger partial charge in [-0.3, -0.25) is 9.79 Å². The number of carbonyl (C=O) groups is 1. The second-order valence-corrected chi connectivity index (χ2v) is 6.68. The first-order valence-electron chi connectivity index (χ1n) is 6.65. The number of unbranched alkanes of at least 4 members (excludes halogenated alkanes) is 1. The first-order chi connectivity index (χ1) is 8.20. The van der Waals surface area contributed by atoms with Crippen molar-refractivity contribution in [3.63, 3.8) is 0 Å². The summed E-state index contributed by atoms with van der Waals surface area (Å²) in [5, 5.41) is 9.10. The number of aliphatic imine (C=N–C) groups is 1. The molecule has 1 aliphatic heterocycles. The maximum atomic E-state index is 10.4. The second kappa shape index (κ2) is 5.89. The van der Waals surface area contributed by atoms with Crippen LogP contribution in [-0.4, -0.2) is 27.4 Å². The number of carboxylic acids is 1. The molecule has 3 nitrogen and oxygen atoms in total. The molecule has 0 aromatic carbocycles. The van der Waals surface area contributed by atoms with Crippen molar-refractivity contribution in [2.45, 2.75) is 67.9 Å².